The summed E-state index contributed by atoms with van der Waals surface area (Å²) >= 11 is 0. The predicted octanol–water partition coefficient (Wildman–Crippen LogP) is 4.67. The van der Waals surface area contributed by atoms with Crippen molar-refractivity contribution in [3.05, 3.63) is 95.8 Å². The fourth-order valence-corrected chi connectivity index (χ4v) is 4.27. The molecule has 0 saturated carbocycles. The van der Waals surface area contributed by atoms with Gasteiger partial charge in [0, 0.05) is 17.5 Å². The first-order chi connectivity index (χ1) is 16.6. The van der Waals surface area contributed by atoms with E-state index in [-0.39, 0.29) is 24.2 Å². The molecule has 6 nitrogen and oxygen atoms in total. The second kappa shape index (κ2) is 11.0. The molecule has 0 radical (unpaired) electrons. The predicted molar refractivity (Wildman–Crippen MR) is 132 cm³/mol. The van der Waals surface area contributed by atoms with E-state index >= 15 is 0 Å². The van der Waals surface area contributed by atoms with Gasteiger partial charge in [-0.25, -0.2) is 9.18 Å². The SMILES string of the molecule is CC(C)(Cc1ccccc1)N(C(=O)c1ccc(-c2cccc(F)c2)cc1)[C@@H](CCC(N)=O)C(=O)O. The molecule has 3 aromatic carbocycles. The molecule has 2 amide bonds. The van der Waals surface area contributed by atoms with E-state index in [0.29, 0.717) is 12.0 Å². The summed E-state index contributed by atoms with van der Waals surface area (Å²) in [5.74, 6) is -2.69. The maximum absolute atomic E-state index is 13.8. The smallest absolute Gasteiger partial charge is 0.326 e. The van der Waals surface area contributed by atoms with Gasteiger partial charge < -0.3 is 15.7 Å². The molecular weight excluding hydrogens is 447 g/mol. The lowest BCUT2D eigenvalue weighted by molar-refractivity contribution is -0.144. The van der Waals surface area contributed by atoms with Gasteiger partial charge in [-0.05, 0) is 67.6 Å². The Labute approximate surface area is 204 Å². The number of hydrogen-bond acceptors (Lipinski definition) is 3. The first kappa shape index (κ1) is 25.6. The van der Waals surface area contributed by atoms with Crippen molar-refractivity contribution in [3.8, 4) is 11.1 Å². The van der Waals surface area contributed by atoms with Gasteiger partial charge in [0.1, 0.15) is 11.9 Å². The van der Waals surface area contributed by atoms with Gasteiger partial charge in [0.05, 0.1) is 0 Å². The summed E-state index contributed by atoms with van der Waals surface area (Å²) in [6.45, 7) is 3.61. The van der Waals surface area contributed by atoms with Crippen LogP contribution in [0.2, 0.25) is 0 Å². The highest BCUT2D eigenvalue weighted by atomic mass is 19.1. The van der Waals surface area contributed by atoms with E-state index in [1.54, 1.807) is 50.2 Å². The zero-order valence-electron chi connectivity index (χ0n) is 19.8. The zero-order chi connectivity index (χ0) is 25.6. The monoisotopic (exact) mass is 476 g/mol. The minimum Gasteiger partial charge on any atom is -0.480 e. The average Bonchev–Trinajstić information content (AvgIpc) is 2.81. The number of carbonyl (C=O) groups is 3. The highest BCUT2D eigenvalue weighted by Crippen LogP contribution is 2.29. The van der Waals surface area contributed by atoms with Crippen LogP contribution in [0.15, 0.2) is 78.9 Å². The summed E-state index contributed by atoms with van der Waals surface area (Å²) in [7, 11) is 0. The van der Waals surface area contributed by atoms with Gasteiger partial charge in [-0.3, -0.25) is 9.59 Å². The van der Waals surface area contributed by atoms with Crippen LogP contribution < -0.4 is 5.73 Å². The van der Waals surface area contributed by atoms with Crippen molar-refractivity contribution >= 4 is 17.8 Å². The molecule has 35 heavy (non-hydrogen) atoms. The molecule has 0 aliphatic rings. The number of hydrogen-bond donors (Lipinski definition) is 2. The maximum atomic E-state index is 13.8. The molecule has 0 aliphatic heterocycles. The largest absolute Gasteiger partial charge is 0.480 e. The summed E-state index contributed by atoms with van der Waals surface area (Å²) in [5, 5.41) is 10.0. The molecule has 0 aromatic heterocycles. The Balaban J connectivity index is 1.98. The summed E-state index contributed by atoms with van der Waals surface area (Å²) in [6, 6.07) is 20.9. The molecule has 0 bridgehead atoms. The van der Waals surface area contributed by atoms with Gasteiger partial charge in [-0.2, -0.15) is 0 Å². The Morgan fingerprint density at radius 3 is 2.17 bits per heavy atom. The van der Waals surface area contributed by atoms with E-state index in [2.05, 4.69) is 0 Å². The molecule has 3 N–H and O–H groups in total. The third kappa shape index (κ3) is 6.53. The molecule has 7 heteroatoms. The quantitative estimate of drug-likeness (QED) is 0.444. The van der Waals surface area contributed by atoms with Gasteiger partial charge in [0.2, 0.25) is 5.91 Å². The Morgan fingerprint density at radius 2 is 1.60 bits per heavy atom. The summed E-state index contributed by atoms with van der Waals surface area (Å²) in [6.07, 6.45) is 0.137. The summed E-state index contributed by atoms with van der Waals surface area (Å²) < 4.78 is 13.6. The topological polar surface area (TPSA) is 101 Å². The van der Waals surface area contributed by atoms with Crippen molar-refractivity contribution in [2.75, 3.05) is 0 Å². The van der Waals surface area contributed by atoms with E-state index < -0.39 is 29.4 Å². The number of amides is 2. The number of halogens is 1. The molecule has 0 spiro atoms. The first-order valence-electron chi connectivity index (χ1n) is 11.3. The molecule has 0 fully saturated rings. The van der Waals surface area contributed by atoms with Gasteiger partial charge in [0.15, 0.2) is 0 Å². The average molecular weight is 477 g/mol. The Kier molecular flexibility index (Phi) is 8.02. The molecule has 0 unspecified atom stereocenters. The van der Waals surface area contributed by atoms with Crippen LogP contribution in [0.5, 0.6) is 0 Å². The third-order valence-corrected chi connectivity index (χ3v) is 5.90. The zero-order valence-corrected chi connectivity index (χ0v) is 19.8. The lowest BCUT2D eigenvalue weighted by Crippen LogP contribution is -2.57. The van der Waals surface area contributed by atoms with Gasteiger partial charge in [0.25, 0.3) is 5.91 Å². The second-order valence-electron chi connectivity index (χ2n) is 9.10. The van der Waals surface area contributed by atoms with E-state index in [0.717, 1.165) is 11.1 Å². The van der Waals surface area contributed by atoms with Crippen LogP contribution in [-0.4, -0.2) is 39.4 Å². The number of carboxylic acids is 1. The highest BCUT2D eigenvalue weighted by Gasteiger charge is 2.40. The van der Waals surface area contributed by atoms with Crippen molar-refractivity contribution in [3.63, 3.8) is 0 Å². The van der Waals surface area contributed by atoms with Crippen LogP contribution in [-0.2, 0) is 16.0 Å². The van der Waals surface area contributed by atoms with Crippen LogP contribution >= 0.6 is 0 Å². The van der Waals surface area contributed by atoms with E-state index in [9.17, 15) is 23.9 Å². The first-order valence-corrected chi connectivity index (χ1v) is 11.3. The Bertz CT molecular complexity index is 1190. The molecule has 1 atom stereocenters. The highest BCUT2D eigenvalue weighted by molar-refractivity contribution is 5.97. The van der Waals surface area contributed by atoms with E-state index in [1.165, 1.54) is 17.0 Å². The lowest BCUT2D eigenvalue weighted by Gasteiger charge is -2.42. The Hall–Kier alpha value is -4.00. The number of rotatable bonds is 10. The fraction of sp³-hybridized carbons (Fsp3) is 0.250. The number of carboxylic acid groups (broad SMARTS) is 1. The lowest BCUT2D eigenvalue weighted by atomic mass is 9.89. The van der Waals surface area contributed by atoms with Crippen LogP contribution in [0.4, 0.5) is 4.39 Å². The maximum Gasteiger partial charge on any atom is 0.326 e. The molecule has 0 saturated heterocycles. The van der Waals surface area contributed by atoms with Crippen LogP contribution in [0.3, 0.4) is 0 Å². The van der Waals surface area contributed by atoms with Crippen molar-refractivity contribution in [1.29, 1.82) is 0 Å². The molecule has 0 heterocycles. The minimum atomic E-state index is -1.25. The summed E-state index contributed by atoms with van der Waals surface area (Å²) in [4.78, 5) is 38.8. The van der Waals surface area contributed by atoms with E-state index in [1.807, 2.05) is 30.3 Å². The summed E-state index contributed by atoms with van der Waals surface area (Å²) in [5.41, 5.74) is 6.99. The molecule has 3 aromatic rings. The van der Waals surface area contributed by atoms with Gasteiger partial charge in [-0.15, -0.1) is 0 Å². The van der Waals surface area contributed by atoms with Gasteiger partial charge in [-0.1, -0.05) is 54.6 Å². The second-order valence-corrected chi connectivity index (χ2v) is 9.10. The van der Waals surface area contributed by atoms with Crippen molar-refractivity contribution < 1.29 is 23.9 Å². The fourth-order valence-electron chi connectivity index (χ4n) is 4.27. The van der Waals surface area contributed by atoms with Crippen molar-refractivity contribution in [1.82, 2.24) is 4.90 Å². The number of carbonyl (C=O) groups excluding carboxylic acids is 2. The normalized spacial score (nSPS) is 12.1. The standard InChI is InChI=1S/C28H29FN2O4/c1-28(2,18-19-7-4-3-5-8-19)31(24(27(34)35)15-16-25(30)32)26(33)21-13-11-20(12-14-21)22-9-6-10-23(29)17-22/h3-14,17,24H,15-16,18H2,1-2H3,(H2,30,32)(H,34,35)/t24-/m0/s1. The number of nitrogens with two attached hydrogens (primary N) is 1. The Morgan fingerprint density at radius 1 is 0.943 bits per heavy atom. The van der Waals surface area contributed by atoms with Crippen LogP contribution in [0.25, 0.3) is 11.1 Å². The van der Waals surface area contributed by atoms with Crippen molar-refractivity contribution in [2.24, 2.45) is 5.73 Å². The van der Waals surface area contributed by atoms with Crippen molar-refractivity contribution in [2.45, 2.75) is 44.7 Å². The van der Waals surface area contributed by atoms with Crippen LogP contribution in [0, 0.1) is 5.82 Å². The molecule has 0 aliphatic carbocycles. The van der Waals surface area contributed by atoms with Crippen LogP contribution in [0.1, 0.15) is 42.6 Å². The minimum absolute atomic E-state index is 0.101. The number of primary amides is 1. The molecule has 182 valence electrons. The van der Waals surface area contributed by atoms with E-state index in [4.69, 9.17) is 5.73 Å². The molecule has 3 rings (SSSR count). The number of benzene rings is 3. The van der Waals surface area contributed by atoms with Gasteiger partial charge >= 0.3 is 5.97 Å². The third-order valence-electron chi connectivity index (χ3n) is 5.90. The number of aliphatic carboxylic acids is 1. The molecular formula is C28H29FN2O4. The number of nitrogens with zero attached hydrogens (tertiary/aromatic N) is 1.